The van der Waals surface area contributed by atoms with Gasteiger partial charge in [0.2, 0.25) is 8.32 Å². The molecule has 3 unspecified atom stereocenters. The van der Waals surface area contributed by atoms with Crippen LogP contribution in [0.3, 0.4) is 0 Å². The van der Waals surface area contributed by atoms with Crippen LogP contribution >= 0.6 is 0 Å². The van der Waals surface area contributed by atoms with E-state index in [-0.39, 0.29) is 5.22 Å². The highest BCUT2D eigenvalue weighted by Crippen LogP contribution is 2.36. The lowest BCUT2D eigenvalue weighted by molar-refractivity contribution is 0.149. The van der Waals surface area contributed by atoms with Crippen LogP contribution in [0.4, 0.5) is 0 Å². The number of hydrogen-bond acceptors (Lipinski definition) is 1. The molecule has 0 spiro atoms. The van der Waals surface area contributed by atoms with E-state index < -0.39 is 16.4 Å². The SMILES string of the molecule is CCC(C)[Si](C)(OC(C)(CC)[Si](C)(C)c1ccccc1)c1ccccc1. The van der Waals surface area contributed by atoms with Gasteiger partial charge in [-0.05, 0) is 30.6 Å². The highest BCUT2D eigenvalue weighted by Gasteiger charge is 2.50. The van der Waals surface area contributed by atoms with E-state index in [4.69, 9.17) is 4.43 Å². The fraction of sp³-hybridized carbons (Fsp3) is 0.478. The predicted molar refractivity (Wildman–Crippen MR) is 121 cm³/mol. The number of rotatable bonds is 8. The summed E-state index contributed by atoms with van der Waals surface area (Å²) in [5, 5.41) is 2.82. The lowest BCUT2D eigenvalue weighted by Crippen LogP contribution is -2.67. The molecular formula is C23H36OSi2. The Kier molecular flexibility index (Phi) is 6.70. The zero-order valence-electron chi connectivity index (χ0n) is 17.7. The summed E-state index contributed by atoms with van der Waals surface area (Å²) in [6.07, 6.45) is 2.21. The van der Waals surface area contributed by atoms with Crippen LogP contribution in [0.2, 0.25) is 25.2 Å². The van der Waals surface area contributed by atoms with E-state index in [0.717, 1.165) is 12.8 Å². The minimum Gasteiger partial charge on any atom is -0.410 e. The van der Waals surface area contributed by atoms with Gasteiger partial charge < -0.3 is 4.43 Å². The summed E-state index contributed by atoms with van der Waals surface area (Å²) < 4.78 is 7.33. The fourth-order valence-corrected chi connectivity index (χ4v) is 11.7. The molecule has 0 bridgehead atoms. The molecule has 0 radical (unpaired) electrons. The molecule has 0 saturated heterocycles. The quantitative estimate of drug-likeness (QED) is 0.538. The molecule has 0 amide bonds. The summed E-state index contributed by atoms with van der Waals surface area (Å²) in [5.74, 6) is 0. The zero-order valence-corrected chi connectivity index (χ0v) is 19.7. The van der Waals surface area contributed by atoms with Crippen molar-refractivity contribution in [1.29, 1.82) is 0 Å². The van der Waals surface area contributed by atoms with Gasteiger partial charge in [0, 0.05) is 5.22 Å². The van der Waals surface area contributed by atoms with E-state index in [2.05, 4.69) is 108 Å². The standard InChI is InChI=1S/C23H36OSi2/c1-8-20(3)26(7,22-18-14-11-15-19-22)24-23(4,9-2)25(5,6)21-16-12-10-13-17-21/h10-20H,8-9H2,1-7H3. The van der Waals surface area contributed by atoms with Crippen molar-refractivity contribution in [2.45, 2.75) is 70.9 Å². The van der Waals surface area contributed by atoms with Gasteiger partial charge in [0.25, 0.3) is 0 Å². The second kappa shape index (κ2) is 8.24. The Morgan fingerprint density at radius 2 is 1.31 bits per heavy atom. The molecule has 2 aromatic carbocycles. The average Bonchev–Trinajstić information content (AvgIpc) is 2.68. The largest absolute Gasteiger partial charge is 0.410 e. The maximum atomic E-state index is 7.33. The lowest BCUT2D eigenvalue weighted by Gasteiger charge is -2.49. The van der Waals surface area contributed by atoms with Crippen LogP contribution in [0.5, 0.6) is 0 Å². The molecule has 0 aromatic heterocycles. The smallest absolute Gasteiger partial charge is 0.224 e. The first-order valence-electron chi connectivity index (χ1n) is 10.0. The Morgan fingerprint density at radius 3 is 1.73 bits per heavy atom. The molecule has 0 fully saturated rings. The van der Waals surface area contributed by atoms with Crippen LogP contribution in [0, 0.1) is 0 Å². The van der Waals surface area contributed by atoms with Crippen LogP contribution in [-0.4, -0.2) is 21.6 Å². The third kappa shape index (κ3) is 3.90. The molecule has 2 aromatic rings. The van der Waals surface area contributed by atoms with Crippen LogP contribution in [-0.2, 0) is 4.43 Å². The first-order chi connectivity index (χ1) is 12.2. The maximum Gasteiger partial charge on any atom is 0.224 e. The minimum absolute atomic E-state index is 0.0887. The number of benzene rings is 2. The Labute approximate surface area is 163 Å². The molecule has 0 aliphatic carbocycles. The summed E-state index contributed by atoms with van der Waals surface area (Å²) in [4.78, 5) is 0. The van der Waals surface area contributed by atoms with Crippen LogP contribution in [0.25, 0.3) is 0 Å². The third-order valence-corrected chi connectivity index (χ3v) is 16.6. The Bertz CT molecular complexity index is 686. The highest BCUT2D eigenvalue weighted by molar-refractivity contribution is 6.94. The van der Waals surface area contributed by atoms with Gasteiger partial charge in [-0.1, -0.05) is 106 Å². The van der Waals surface area contributed by atoms with Gasteiger partial charge in [-0.3, -0.25) is 0 Å². The molecule has 142 valence electrons. The molecular weight excluding hydrogens is 348 g/mol. The molecule has 0 aliphatic rings. The Balaban J connectivity index is 2.50. The second-order valence-corrected chi connectivity index (χ2v) is 17.3. The average molecular weight is 385 g/mol. The minimum atomic E-state index is -2.09. The zero-order chi connectivity index (χ0) is 19.4. The maximum absolute atomic E-state index is 7.33. The van der Waals surface area contributed by atoms with Crippen molar-refractivity contribution in [3.63, 3.8) is 0 Å². The van der Waals surface area contributed by atoms with Crippen molar-refractivity contribution < 1.29 is 4.43 Å². The van der Waals surface area contributed by atoms with Crippen molar-refractivity contribution in [2.75, 3.05) is 0 Å². The molecule has 0 heterocycles. The van der Waals surface area contributed by atoms with Crippen molar-refractivity contribution in [3.05, 3.63) is 60.7 Å². The van der Waals surface area contributed by atoms with Gasteiger partial charge in [0.15, 0.2) is 0 Å². The predicted octanol–water partition coefficient (Wildman–Crippen LogP) is 5.61. The highest BCUT2D eigenvalue weighted by atomic mass is 28.4. The Morgan fingerprint density at radius 1 is 0.846 bits per heavy atom. The van der Waals surface area contributed by atoms with Gasteiger partial charge >= 0.3 is 0 Å². The topological polar surface area (TPSA) is 9.23 Å². The normalized spacial score (nSPS) is 18.0. The van der Waals surface area contributed by atoms with Gasteiger partial charge in [-0.25, -0.2) is 0 Å². The van der Waals surface area contributed by atoms with Crippen molar-refractivity contribution in [3.8, 4) is 0 Å². The molecule has 2 rings (SSSR count). The van der Waals surface area contributed by atoms with Gasteiger partial charge in [0.05, 0.1) is 0 Å². The molecule has 1 nitrogen and oxygen atoms in total. The molecule has 0 saturated carbocycles. The Hall–Kier alpha value is -1.17. The summed E-state index contributed by atoms with van der Waals surface area (Å²) in [6, 6.07) is 22.0. The van der Waals surface area contributed by atoms with Crippen molar-refractivity contribution >= 4 is 26.8 Å². The molecule has 3 atom stereocenters. The summed E-state index contributed by atoms with van der Waals surface area (Å²) in [5.41, 5.74) is 0.580. The lowest BCUT2D eigenvalue weighted by atomic mass is 10.3. The molecule has 0 aliphatic heterocycles. The van der Waals surface area contributed by atoms with Gasteiger partial charge in [-0.2, -0.15) is 0 Å². The van der Waals surface area contributed by atoms with E-state index in [1.165, 1.54) is 10.4 Å². The van der Waals surface area contributed by atoms with Crippen LogP contribution < -0.4 is 10.4 Å². The molecule has 3 heteroatoms. The molecule has 26 heavy (non-hydrogen) atoms. The van der Waals surface area contributed by atoms with E-state index in [0.29, 0.717) is 5.54 Å². The van der Waals surface area contributed by atoms with E-state index >= 15 is 0 Å². The van der Waals surface area contributed by atoms with E-state index in [1.54, 1.807) is 0 Å². The van der Waals surface area contributed by atoms with Gasteiger partial charge in [0.1, 0.15) is 8.07 Å². The van der Waals surface area contributed by atoms with Gasteiger partial charge in [-0.15, -0.1) is 0 Å². The summed E-state index contributed by atoms with van der Waals surface area (Å²) >= 11 is 0. The third-order valence-electron chi connectivity index (χ3n) is 6.83. The van der Waals surface area contributed by atoms with Crippen molar-refractivity contribution in [2.24, 2.45) is 0 Å². The summed E-state index contributed by atoms with van der Waals surface area (Å²) in [6.45, 7) is 16.7. The second-order valence-electron chi connectivity index (χ2n) is 8.46. The van der Waals surface area contributed by atoms with Crippen LogP contribution in [0.1, 0.15) is 40.5 Å². The first kappa shape index (κ1) is 21.1. The molecule has 0 N–H and O–H groups in total. The number of hydrogen-bond donors (Lipinski definition) is 0. The summed E-state index contributed by atoms with van der Waals surface area (Å²) in [7, 11) is -3.92. The fourth-order valence-electron chi connectivity index (χ4n) is 3.87. The van der Waals surface area contributed by atoms with E-state index in [9.17, 15) is 0 Å². The monoisotopic (exact) mass is 384 g/mol. The first-order valence-corrected chi connectivity index (χ1v) is 15.5. The van der Waals surface area contributed by atoms with Crippen LogP contribution in [0.15, 0.2) is 60.7 Å². The van der Waals surface area contributed by atoms with Crippen molar-refractivity contribution in [1.82, 2.24) is 0 Å². The van der Waals surface area contributed by atoms with E-state index in [1.807, 2.05) is 0 Å².